The van der Waals surface area contributed by atoms with Crippen molar-refractivity contribution in [1.82, 2.24) is 0 Å². The van der Waals surface area contributed by atoms with Gasteiger partial charge in [-0.2, -0.15) is 0 Å². The van der Waals surface area contributed by atoms with Crippen LogP contribution < -0.4 is 0 Å². The van der Waals surface area contributed by atoms with Crippen LogP contribution in [0.4, 0.5) is 0 Å². The molecule has 0 amide bonds. The Morgan fingerprint density at radius 3 is 2.67 bits per heavy atom. The predicted octanol–water partition coefficient (Wildman–Crippen LogP) is 4.09. The molecular formula is C19H26O2. The molecule has 0 heterocycles. The zero-order valence-corrected chi connectivity index (χ0v) is 13.3. The van der Waals surface area contributed by atoms with Gasteiger partial charge in [0.2, 0.25) is 11.6 Å². The van der Waals surface area contributed by atoms with Crippen molar-refractivity contribution in [1.29, 1.82) is 0 Å². The molecule has 4 rings (SSSR count). The van der Waals surface area contributed by atoms with Crippen LogP contribution in [0.5, 0.6) is 0 Å². The van der Waals surface area contributed by atoms with E-state index >= 15 is 0 Å². The summed E-state index contributed by atoms with van der Waals surface area (Å²) in [5.41, 5.74) is 1.35. The molecule has 3 fully saturated rings. The number of Topliss-reactive ketones (excluding diaryl/α,β-unsaturated/α-hetero) is 2. The van der Waals surface area contributed by atoms with Gasteiger partial charge in [-0.3, -0.25) is 9.59 Å². The Labute approximate surface area is 127 Å². The third-order valence-corrected chi connectivity index (χ3v) is 7.63. The van der Waals surface area contributed by atoms with Crippen molar-refractivity contribution in [2.75, 3.05) is 0 Å². The minimum atomic E-state index is -0.456. The second-order valence-corrected chi connectivity index (χ2v) is 8.39. The molecule has 0 N–H and O–H groups in total. The summed E-state index contributed by atoms with van der Waals surface area (Å²) >= 11 is 0. The quantitative estimate of drug-likeness (QED) is 0.496. The predicted molar refractivity (Wildman–Crippen MR) is 81.7 cm³/mol. The van der Waals surface area contributed by atoms with Crippen molar-refractivity contribution in [3.63, 3.8) is 0 Å². The maximum atomic E-state index is 12.7. The first-order valence-corrected chi connectivity index (χ1v) is 8.74. The molecule has 114 valence electrons. The topological polar surface area (TPSA) is 34.1 Å². The molecule has 0 radical (unpaired) electrons. The second-order valence-electron chi connectivity index (χ2n) is 8.39. The minimum Gasteiger partial charge on any atom is -0.291 e. The van der Waals surface area contributed by atoms with Crippen LogP contribution in [-0.2, 0) is 9.59 Å². The van der Waals surface area contributed by atoms with Crippen LogP contribution in [0.1, 0.15) is 65.2 Å². The van der Waals surface area contributed by atoms with E-state index in [2.05, 4.69) is 19.9 Å². The fraction of sp³-hybridized carbons (Fsp3) is 0.789. The van der Waals surface area contributed by atoms with Gasteiger partial charge in [0.25, 0.3) is 0 Å². The maximum Gasteiger partial charge on any atom is 0.208 e. The summed E-state index contributed by atoms with van der Waals surface area (Å²) in [5.74, 6) is 1.66. The molecule has 0 saturated heterocycles. The van der Waals surface area contributed by atoms with Crippen molar-refractivity contribution in [2.24, 2.45) is 28.6 Å². The van der Waals surface area contributed by atoms with Crippen molar-refractivity contribution < 1.29 is 9.59 Å². The van der Waals surface area contributed by atoms with E-state index in [-0.39, 0.29) is 11.6 Å². The van der Waals surface area contributed by atoms with Gasteiger partial charge in [-0.05, 0) is 68.6 Å². The summed E-state index contributed by atoms with van der Waals surface area (Å²) in [7, 11) is 0. The molecule has 2 heteroatoms. The molecule has 0 spiro atoms. The van der Waals surface area contributed by atoms with Crippen LogP contribution in [0.25, 0.3) is 0 Å². The highest BCUT2D eigenvalue weighted by atomic mass is 16.2. The Morgan fingerprint density at radius 2 is 1.86 bits per heavy atom. The molecule has 21 heavy (non-hydrogen) atoms. The molecule has 4 aliphatic carbocycles. The number of ketones is 2. The molecule has 2 nitrogen and oxygen atoms in total. The van der Waals surface area contributed by atoms with E-state index in [1.54, 1.807) is 0 Å². The smallest absolute Gasteiger partial charge is 0.208 e. The molecular weight excluding hydrogens is 260 g/mol. The number of carbonyl (C=O) groups excluding carboxylic acids is 2. The van der Waals surface area contributed by atoms with E-state index in [1.807, 2.05) is 0 Å². The van der Waals surface area contributed by atoms with Crippen molar-refractivity contribution in [2.45, 2.75) is 65.2 Å². The summed E-state index contributed by atoms with van der Waals surface area (Å²) in [6.45, 7) is 4.56. The highest BCUT2D eigenvalue weighted by Gasteiger charge is 2.59. The molecule has 5 atom stereocenters. The molecule has 0 aromatic rings. The van der Waals surface area contributed by atoms with Crippen LogP contribution in [0, 0.1) is 28.6 Å². The van der Waals surface area contributed by atoms with Crippen molar-refractivity contribution in [3.8, 4) is 0 Å². The summed E-state index contributed by atoms with van der Waals surface area (Å²) in [6, 6.07) is 0. The third-order valence-electron chi connectivity index (χ3n) is 7.63. The van der Waals surface area contributed by atoms with Crippen molar-refractivity contribution in [3.05, 3.63) is 11.6 Å². The van der Waals surface area contributed by atoms with Crippen molar-refractivity contribution >= 4 is 11.6 Å². The monoisotopic (exact) mass is 286 g/mol. The number of carbonyl (C=O) groups is 2. The lowest BCUT2D eigenvalue weighted by Gasteiger charge is -2.56. The third kappa shape index (κ3) is 1.65. The number of fused-ring (bicyclic) bond motifs is 5. The minimum absolute atomic E-state index is 0.0729. The first-order chi connectivity index (χ1) is 9.97. The SMILES string of the molecule is C[C@@]12CCC[C@H]1[C@@H]1CCC3=CCC(=O)C(=O)[C@]3(C)[C@H]1CC2. The molecule has 0 aromatic heterocycles. The van der Waals surface area contributed by atoms with Gasteiger partial charge in [-0.15, -0.1) is 0 Å². The fourth-order valence-corrected chi connectivity index (χ4v) is 6.45. The molecule has 0 aliphatic heterocycles. The summed E-state index contributed by atoms with van der Waals surface area (Å²) in [5, 5.41) is 0. The van der Waals surface area contributed by atoms with E-state index in [0.717, 1.165) is 18.8 Å². The van der Waals surface area contributed by atoms with Gasteiger partial charge in [0, 0.05) is 6.42 Å². The Morgan fingerprint density at radius 1 is 1.05 bits per heavy atom. The fourth-order valence-electron chi connectivity index (χ4n) is 6.45. The van der Waals surface area contributed by atoms with Gasteiger partial charge < -0.3 is 0 Å². The zero-order chi connectivity index (χ0) is 14.8. The van der Waals surface area contributed by atoms with Gasteiger partial charge in [-0.1, -0.05) is 25.0 Å². The molecule has 0 unspecified atom stereocenters. The number of rotatable bonds is 0. The average molecular weight is 286 g/mol. The number of hydrogen-bond acceptors (Lipinski definition) is 2. The molecule has 3 saturated carbocycles. The maximum absolute atomic E-state index is 12.7. The van der Waals surface area contributed by atoms with Gasteiger partial charge in [0.15, 0.2) is 0 Å². The summed E-state index contributed by atoms with van der Waals surface area (Å²) in [4.78, 5) is 24.7. The Balaban J connectivity index is 1.75. The highest BCUT2D eigenvalue weighted by Crippen LogP contribution is 2.64. The summed E-state index contributed by atoms with van der Waals surface area (Å²) < 4.78 is 0. The number of allylic oxidation sites excluding steroid dienone is 2. The van der Waals surface area contributed by atoms with E-state index in [9.17, 15) is 9.59 Å². The molecule has 0 bridgehead atoms. The van der Waals surface area contributed by atoms with Gasteiger partial charge >= 0.3 is 0 Å². The Kier molecular flexibility index (Phi) is 2.81. The highest BCUT2D eigenvalue weighted by molar-refractivity contribution is 6.41. The lowest BCUT2D eigenvalue weighted by molar-refractivity contribution is -0.147. The second kappa shape index (κ2) is 4.30. The van der Waals surface area contributed by atoms with E-state index < -0.39 is 5.41 Å². The summed E-state index contributed by atoms with van der Waals surface area (Å²) in [6.07, 6.45) is 11.2. The lowest BCUT2D eigenvalue weighted by atomic mass is 9.47. The largest absolute Gasteiger partial charge is 0.291 e. The van der Waals surface area contributed by atoms with Crippen LogP contribution >= 0.6 is 0 Å². The average Bonchev–Trinajstić information content (AvgIpc) is 2.86. The van der Waals surface area contributed by atoms with E-state index in [1.165, 1.54) is 37.7 Å². The van der Waals surface area contributed by atoms with Gasteiger partial charge in [-0.25, -0.2) is 0 Å². The first-order valence-electron chi connectivity index (χ1n) is 8.74. The van der Waals surface area contributed by atoms with Crippen LogP contribution in [0.2, 0.25) is 0 Å². The van der Waals surface area contributed by atoms with Crippen LogP contribution in [0.3, 0.4) is 0 Å². The van der Waals surface area contributed by atoms with Gasteiger partial charge in [0.1, 0.15) is 0 Å². The Hall–Kier alpha value is -0.920. The zero-order valence-electron chi connectivity index (χ0n) is 13.3. The van der Waals surface area contributed by atoms with E-state index in [0.29, 0.717) is 23.7 Å². The normalized spacial score (nSPS) is 49.2. The molecule has 0 aromatic carbocycles. The van der Waals surface area contributed by atoms with Crippen LogP contribution in [-0.4, -0.2) is 11.6 Å². The first kappa shape index (κ1) is 13.7. The molecule has 4 aliphatic rings. The standard InChI is InChI=1S/C19H26O2/c1-18-10-3-4-14(18)13-7-5-12-6-8-16(20)17(21)19(12,2)15(13)9-11-18/h6,13-15H,3-5,7-11H2,1-2H3/t13-,14-,15-,18-,19-/m0/s1. The Bertz CT molecular complexity index is 546. The van der Waals surface area contributed by atoms with Gasteiger partial charge in [0.05, 0.1) is 5.41 Å². The van der Waals surface area contributed by atoms with Crippen LogP contribution in [0.15, 0.2) is 11.6 Å². The van der Waals surface area contributed by atoms with E-state index in [4.69, 9.17) is 0 Å². The lowest BCUT2D eigenvalue weighted by Crippen LogP contribution is -2.54. The number of hydrogen-bond donors (Lipinski definition) is 0.